The molecule has 0 fully saturated rings. The zero-order chi connectivity index (χ0) is 25.1. The molecule has 11 heteroatoms. The number of aryl methyl sites for hydroxylation is 2. The van der Waals surface area contributed by atoms with Crippen LogP contribution < -0.4 is 15.4 Å². The van der Waals surface area contributed by atoms with Crippen LogP contribution in [0.3, 0.4) is 0 Å². The van der Waals surface area contributed by atoms with Crippen LogP contribution in [-0.2, 0) is 24.7 Å². The molecule has 0 radical (unpaired) electrons. The maximum Gasteiger partial charge on any atom is 0.261 e. The lowest BCUT2D eigenvalue weighted by Gasteiger charge is -2.12. The number of hydrogen-bond donors (Lipinski definition) is 3. The largest absolute Gasteiger partial charge is 0.375 e. The first-order chi connectivity index (χ1) is 15.9. The molecule has 0 aliphatic heterocycles. The Morgan fingerprint density at radius 1 is 0.882 bits per heavy atom. The SMILES string of the molecule is Cc1ccc(NS(=O)(=O)c2ccc(NC(=O)CNc3cccc(S(C)(=O)=O)c3Br)cc2)cc1C. The highest BCUT2D eigenvalue weighted by Gasteiger charge is 2.16. The van der Waals surface area contributed by atoms with E-state index in [9.17, 15) is 21.6 Å². The molecule has 0 saturated carbocycles. The Hall–Kier alpha value is -2.89. The number of benzene rings is 3. The van der Waals surface area contributed by atoms with E-state index < -0.39 is 19.9 Å². The van der Waals surface area contributed by atoms with Crippen LogP contribution in [0.1, 0.15) is 11.1 Å². The molecule has 1 amide bonds. The van der Waals surface area contributed by atoms with E-state index in [2.05, 4.69) is 31.3 Å². The zero-order valence-electron chi connectivity index (χ0n) is 18.7. The molecule has 0 unspecified atom stereocenters. The average Bonchev–Trinajstić information content (AvgIpc) is 2.75. The highest BCUT2D eigenvalue weighted by Crippen LogP contribution is 2.29. The van der Waals surface area contributed by atoms with Gasteiger partial charge in [0.25, 0.3) is 10.0 Å². The van der Waals surface area contributed by atoms with E-state index >= 15 is 0 Å². The molecule has 3 aromatic carbocycles. The predicted molar refractivity (Wildman–Crippen MR) is 138 cm³/mol. The second-order valence-corrected chi connectivity index (χ2v) is 12.2. The Kier molecular flexibility index (Phi) is 7.69. The molecule has 0 aromatic heterocycles. The minimum Gasteiger partial charge on any atom is -0.375 e. The Morgan fingerprint density at radius 2 is 1.53 bits per heavy atom. The van der Waals surface area contributed by atoms with Crippen molar-refractivity contribution in [1.82, 2.24) is 0 Å². The minimum atomic E-state index is -3.78. The number of hydrogen-bond acceptors (Lipinski definition) is 6. The highest BCUT2D eigenvalue weighted by atomic mass is 79.9. The molecular formula is C23H24BrN3O5S2. The molecule has 0 spiro atoms. The van der Waals surface area contributed by atoms with E-state index in [4.69, 9.17) is 0 Å². The lowest BCUT2D eigenvalue weighted by Crippen LogP contribution is -2.22. The number of nitrogens with one attached hydrogen (secondary N) is 3. The second-order valence-electron chi connectivity index (χ2n) is 7.72. The lowest BCUT2D eigenvalue weighted by atomic mass is 10.1. The van der Waals surface area contributed by atoms with Gasteiger partial charge < -0.3 is 10.6 Å². The zero-order valence-corrected chi connectivity index (χ0v) is 21.9. The first-order valence-corrected chi connectivity index (χ1v) is 14.3. The first-order valence-electron chi connectivity index (χ1n) is 10.1. The van der Waals surface area contributed by atoms with Crippen molar-refractivity contribution >= 4 is 58.8 Å². The van der Waals surface area contributed by atoms with Crippen molar-refractivity contribution in [2.75, 3.05) is 28.2 Å². The maximum absolute atomic E-state index is 12.7. The van der Waals surface area contributed by atoms with Crippen molar-refractivity contribution in [1.29, 1.82) is 0 Å². The fourth-order valence-corrected chi connectivity index (χ4v) is 6.15. The van der Waals surface area contributed by atoms with Gasteiger partial charge in [0.2, 0.25) is 5.91 Å². The Balaban J connectivity index is 1.63. The van der Waals surface area contributed by atoms with Gasteiger partial charge in [0.05, 0.1) is 26.5 Å². The molecular weight excluding hydrogens is 542 g/mol. The summed E-state index contributed by atoms with van der Waals surface area (Å²) in [5, 5.41) is 5.56. The minimum absolute atomic E-state index is 0.0587. The highest BCUT2D eigenvalue weighted by molar-refractivity contribution is 9.10. The van der Waals surface area contributed by atoms with E-state index in [0.29, 0.717) is 21.5 Å². The molecule has 0 heterocycles. The molecule has 3 N–H and O–H groups in total. The van der Waals surface area contributed by atoms with E-state index in [-0.39, 0.29) is 22.2 Å². The summed E-state index contributed by atoms with van der Waals surface area (Å²) in [5.74, 6) is -0.388. The van der Waals surface area contributed by atoms with Crippen LogP contribution in [0, 0.1) is 13.8 Å². The summed E-state index contributed by atoms with van der Waals surface area (Å²) in [4.78, 5) is 12.5. The smallest absolute Gasteiger partial charge is 0.261 e. The molecule has 0 saturated heterocycles. The van der Waals surface area contributed by atoms with Gasteiger partial charge in [0.15, 0.2) is 9.84 Å². The number of amides is 1. The van der Waals surface area contributed by atoms with Crippen molar-refractivity contribution in [2.45, 2.75) is 23.6 Å². The topological polar surface area (TPSA) is 121 Å². The van der Waals surface area contributed by atoms with Gasteiger partial charge in [-0.25, -0.2) is 16.8 Å². The summed E-state index contributed by atoms with van der Waals surface area (Å²) in [7, 11) is -7.21. The van der Waals surface area contributed by atoms with Crippen LogP contribution in [0.4, 0.5) is 17.1 Å². The number of halogens is 1. The normalized spacial score (nSPS) is 11.6. The molecule has 0 atom stereocenters. The number of carbonyl (C=O) groups excluding carboxylic acids is 1. The van der Waals surface area contributed by atoms with Crippen LogP contribution in [0.2, 0.25) is 0 Å². The van der Waals surface area contributed by atoms with Crippen LogP contribution in [0.5, 0.6) is 0 Å². The quantitative estimate of drug-likeness (QED) is 0.374. The van der Waals surface area contributed by atoms with Gasteiger partial charge in [-0.3, -0.25) is 9.52 Å². The summed E-state index contributed by atoms with van der Waals surface area (Å²) in [6.07, 6.45) is 1.10. The van der Waals surface area contributed by atoms with E-state index in [0.717, 1.165) is 17.4 Å². The van der Waals surface area contributed by atoms with Crippen molar-refractivity contribution in [3.05, 3.63) is 76.3 Å². The number of sulfonamides is 1. The van der Waals surface area contributed by atoms with Gasteiger partial charge >= 0.3 is 0 Å². The fourth-order valence-electron chi connectivity index (χ4n) is 3.05. The summed E-state index contributed by atoms with van der Waals surface area (Å²) in [6, 6.07) is 15.8. The van der Waals surface area contributed by atoms with Gasteiger partial charge in [-0.05, 0) is 89.4 Å². The molecule has 0 aliphatic rings. The fraction of sp³-hybridized carbons (Fsp3) is 0.174. The van der Waals surface area contributed by atoms with Crippen LogP contribution in [-0.4, -0.2) is 35.5 Å². The van der Waals surface area contributed by atoms with Gasteiger partial charge in [0, 0.05) is 17.6 Å². The molecule has 8 nitrogen and oxygen atoms in total. The molecule has 180 valence electrons. The summed E-state index contributed by atoms with van der Waals surface area (Å²) < 4.78 is 51.9. The standard InChI is InChI=1S/C23H24BrN3O5S2/c1-15-7-8-18(13-16(15)2)27-34(31,32)19-11-9-17(10-12-19)26-22(28)14-25-20-5-4-6-21(23(20)24)33(3,29)30/h4-13,25,27H,14H2,1-3H3,(H,26,28). The summed E-state index contributed by atoms with van der Waals surface area (Å²) >= 11 is 3.26. The Bertz CT molecular complexity index is 1440. The van der Waals surface area contributed by atoms with Crippen molar-refractivity contribution in [3.8, 4) is 0 Å². The number of sulfone groups is 1. The Labute approximate surface area is 207 Å². The lowest BCUT2D eigenvalue weighted by molar-refractivity contribution is -0.114. The van der Waals surface area contributed by atoms with E-state index in [1.165, 1.54) is 30.3 Å². The number of carbonyl (C=O) groups is 1. The first kappa shape index (κ1) is 25.7. The predicted octanol–water partition coefficient (Wildman–Crippen LogP) is 4.32. The molecule has 0 bridgehead atoms. The van der Waals surface area contributed by atoms with Crippen LogP contribution in [0.15, 0.2) is 74.9 Å². The summed E-state index contributed by atoms with van der Waals surface area (Å²) in [5.41, 5.74) is 3.38. The van der Waals surface area contributed by atoms with Crippen molar-refractivity contribution in [3.63, 3.8) is 0 Å². The van der Waals surface area contributed by atoms with Crippen molar-refractivity contribution < 1.29 is 21.6 Å². The van der Waals surface area contributed by atoms with Crippen molar-refractivity contribution in [2.24, 2.45) is 0 Å². The second kappa shape index (κ2) is 10.2. The van der Waals surface area contributed by atoms with Crippen LogP contribution in [0.25, 0.3) is 0 Å². The maximum atomic E-state index is 12.7. The Morgan fingerprint density at radius 3 is 2.15 bits per heavy atom. The summed E-state index contributed by atoms with van der Waals surface area (Å²) in [6.45, 7) is 3.72. The average molecular weight is 566 g/mol. The number of rotatable bonds is 8. The van der Waals surface area contributed by atoms with Gasteiger partial charge in [-0.2, -0.15) is 0 Å². The van der Waals surface area contributed by atoms with Gasteiger partial charge in [-0.1, -0.05) is 12.1 Å². The third kappa shape index (κ3) is 6.37. The van der Waals surface area contributed by atoms with Crippen LogP contribution >= 0.6 is 15.9 Å². The third-order valence-electron chi connectivity index (χ3n) is 5.01. The van der Waals surface area contributed by atoms with E-state index in [1.54, 1.807) is 24.3 Å². The molecule has 3 rings (SSSR count). The third-order valence-corrected chi connectivity index (χ3v) is 8.66. The van der Waals surface area contributed by atoms with Gasteiger partial charge in [0.1, 0.15) is 0 Å². The van der Waals surface area contributed by atoms with E-state index in [1.807, 2.05) is 19.9 Å². The monoisotopic (exact) mass is 565 g/mol. The molecule has 0 aliphatic carbocycles. The number of anilines is 3. The molecule has 3 aromatic rings. The molecule has 34 heavy (non-hydrogen) atoms. The van der Waals surface area contributed by atoms with Gasteiger partial charge in [-0.15, -0.1) is 0 Å².